The quantitative estimate of drug-likeness (QED) is 0.704. The lowest BCUT2D eigenvalue weighted by molar-refractivity contribution is -0.122. The first-order valence-corrected chi connectivity index (χ1v) is 10.7. The van der Waals surface area contributed by atoms with Crippen molar-refractivity contribution in [3.05, 3.63) is 53.8 Å². The molecule has 0 saturated carbocycles. The molecule has 2 aromatic carbocycles. The van der Waals surface area contributed by atoms with Crippen LogP contribution >= 0.6 is 0 Å². The fraction of sp³-hybridized carbons (Fsp3) is 0.350. The van der Waals surface area contributed by atoms with Crippen LogP contribution in [0.2, 0.25) is 0 Å². The number of anilines is 1. The van der Waals surface area contributed by atoms with Gasteiger partial charge in [-0.25, -0.2) is 12.8 Å². The van der Waals surface area contributed by atoms with Crippen LogP contribution < -0.4 is 19.1 Å². The van der Waals surface area contributed by atoms with E-state index in [0.29, 0.717) is 17.1 Å². The van der Waals surface area contributed by atoms with E-state index < -0.39 is 33.8 Å². The van der Waals surface area contributed by atoms with Gasteiger partial charge in [-0.15, -0.1) is 0 Å². The van der Waals surface area contributed by atoms with Crippen molar-refractivity contribution in [2.75, 3.05) is 24.8 Å². The highest BCUT2D eigenvalue weighted by Gasteiger charge is 2.30. The number of carbonyl (C=O) groups excluding carboxylic acids is 1. The molecule has 0 saturated heterocycles. The summed E-state index contributed by atoms with van der Waals surface area (Å²) in [6.45, 7) is 3.19. The highest BCUT2D eigenvalue weighted by atomic mass is 32.2. The maximum absolute atomic E-state index is 13.6. The Bertz CT molecular complexity index is 981. The molecule has 29 heavy (non-hydrogen) atoms. The number of hydrogen-bond donors (Lipinski definition) is 1. The third-order valence-corrected chi connectivity index (χ3v) is 5.65. The van der Waals surface area contributed by atoms with Gasteiger partial charge in [-0.3, -0.25) is 9.10 Å². The summed E-state index contributed by atoms with van der Waals surface area (Å²) < 4.78 is 49.7. The molecular weight excluding hydrogens is 399 g/mol. The number of carbonyl (C=O) groups is 1. The number of nitrogens with one attached hydrogen (secondary N) is 1. The number of amides is 1. The molecule has 9 heteroatoms. The Morgan fingerprint density at radius 1 is 1.10 bits per heavy atom. The Labute approximate surface area is 170 Å². The molecule has 1 N–H and O–H groups in total. The zero-order valence-corrected chi connectivity index (χ0v) is 17.8. The molecule has 0 spiro atoms. The van der Waals surface area contributed by atoms with Crippen LogP contribution in [0.4, 0.5) is 10.1 Å². The van der Waals surface area contributed by atoms with Gasteiger partial charge >= 0.3 is 0 Å². The maximum Gasteiger partial charge on any atom is 0.244 e. The van der Waals surface area contributed by atoms with Gasteiger partial charge in [0.2, 0.25) is 15.9 Å². The Balaban J connectivity index is 2.30. The van der Waals surface area contributed by atoms with Crippen LogP contribution in [0.5, 0.6) is 11.5 Å². The van der Waals surface area contributed by atoms with Crippen molar-refractivity contribution < 1.29 is 27.1 Å². The number of ether oxygens (including phenoxy) is 2. The standard InChI is InChI=1S/C20H25FN2O5S/c1-13(18-12-17(27-3)9-10-19(18)28-4)22-20(24)14(2)23(29(5,25)26)16-8-6-7-15(21)11-16/h6-14H,1-5H3,(H,22,24)/t13-,14-/m0/s1. The van der Waals surface area contributed by atoms with Crippen LogP contribution in [-0.2, 0) is 14.8 Å². The van der Waals surface area contributed by atoms with Crippen molar-refractivity contribution in [2.45, 2.75) is 25.9 Å². The second-order valence-corrected chi connectivity index (χ2v) is 8.41. The molecule has 0 aliphatic heterocycles. The van der Waals surface area contributed by atoms with Crippen molar-refractivity contribution >= 4 is 21.6 Å². The van der Waals surface area contributed by atoms with E-state index in [1.165, 1.54) is 39.3 Å². The van der Waals surface area contributed by atoms with Crippen molar-refractivity contribution in [3.63, 3.8) is 0 Å². The molecule has 1 amide bonds. The average molecular weight is 424 g/mol. The van der Waals surface area contributed by atoms with Gasteiger partial charge in [0.1, 0.15) is 23.4 Å². The van der Waals surface area contributed by atoms with Gasteiger partial charge in [0.15, 0.2) is 0 Å². The van der Waals surface area contributed by atoms with Crippen LogP contribution in [-0.4, -0.2) is 40.8 Å². The highest BCUT2D eigenvalue weighted by Crippen LogP contribution is 2.29. The van der Waals surface area contributed by atoms with Gasteiger partial charge in [0, 0.05) is 5.56 Å². The predicted molar refractivity (Wildman–Crippen MR) is 109 cm³/mol. The van der Waals surface area contributed by atoms with E-state index in [2.05, 4.69) is 5.32 Å². The fourth-order valence-electron chi connectivity index (χ4n) is 3.01. The summed E-state index contributed by atoms with van der Waals surface area (Å²) in [5, 5.41) is 2.78. The summed E-state index contributed by atoms with van der Waals surface area (Å²) in [6.07, 6.45) is 0.968. The number of methoxy groups -OCH3 is 2. The van der Waals surface area contributed by atoms with Crippen LogP contribution in [0.25, 0.3) is 0 Å². The van der Waals surface area contributed by atoms with Gasteiger partial charge in [-0.1, -0.05) is 6.07 Å². The van der Waals surface area contributed by atoms with Gasteiger partial charge in [-0.05, 0) is 50.2 Å². The third-order valence-electron chi connectivity index (χ3n) is 4.41. The minimum absolute atomic E-state index is 0.0711. The van der Waals surface area contributed by atoms with Gasteiger partial charge in [0.25, 0.3) is 0 Å². The Morgan fingerprint density at radius 3 is 2.34 bits per heavy atom. The van der Waals surface area contributed by atoms with Gasteiger partial charge < -0.3 is 14.8 Å². The van der Waals surface area contributed by atoms with E-state index >= 15 is 0 Å². The molecule has 0 aliphatic rings. The second-order valence-electron chi connectivity index (χ2n) is 6.55. The summed E-state index contributed by atoms with van der Waals surface area (Å²) in [5.74, 6) is -0.000809. The summed E-state index contributed by atoms with van der Waals surface area (Å²) in [5.41, 5.74) is 0.742. The summed E-state index contributed by atoms with van der Waals surface area (Å²) in [7, 11) is -0.802. The molecule has 2 aromatic rings. The van der Waals surface area contributed by atoms with Crippen molar-refractivity contribution in [2.24, 2.45) is 0 Å². The average Bonchev–Trinajstić information content (AvgIpc) is 2.66. The van der Waals surface area contributed by atoms with E-state index in [1.54, 1.807) is 25.1 Å². The number of hydrogen-bond acceptors (Lipinski definition) is 5. The molecule has 0 aliphatic carbocycles. The Morgan fingerprint density at radius 2 is 1.79 bits per heavy atom. The topological polar surface area (TPSA) is 84.9 Å². The molecule has 2 rings (SSSR count). The lowest BCUT2D eigenvalue weighted by Gasteiger charge is -2.29. The largest absolute Gasteiger partial charge is 0.497 e. The van der Waals surface area contributed by atoms with Crippen LogP contribution in [0, 0.1) is 5.82 Å². The second kappa shape index (κ2) is 9.13. The summed E-state index contributed by atoms with van der Waals surface area (Å²) >= 11 is 0. The minimum atomic E-state index is -3.84. The number of benzene rings is 2. The van der Waals surface area contributed by atoms with E-state index in [-0.39, 0.29) is 5.69 Å². The number of nitrogens with zero attached hydrogens (tertiary/aromatic N) is 1. The van der Waals surface area contributed by atoms with E-state index in [4.69, 9.17) is 9.47 Å². The lowest BCUT2D eigenvalue weighted by atomic mass is 10.1. The number of sulfonamides is 1. The summed E-state index contributed by atoms with van der Waals surface area (Å²) in [4.78, 5) is 12.8. The highest BCUT2D eigenvalue weighted by molar-refractivity contribution is 7.92. The molecule has 0 unspecified atom stereocenters. The third kappa shape index (κ3) is 5.38. The smallest absolute Gasteiger partial charge is 0.244 e. The zero-order chi connectivity index (χ0) is 21.8. The monoisotopic (exact) mass is 424 g/mol. The van der Waals surface area contributed by atoms with Crippen LogP contribution in [0.3, 0.4) is 0 Å². The first kappa shape index (κ1) is 22.5. The molecular formula is C20H25FN2O5S. The number of halogens is 1. The molecule has 0 aromatic heterocycles. The first-order valence-electron chi connectivity index (χ1n) is 8.85. The molecule has 0 bridgehead atoms. The molecule has 7 nitrogen and oxygen atoms in total. The molecule has 2 atom stereocenters. The molecule has 158 valence electrons. The SMILES string of the molecule is COc1ccc(OC)c([C@H](C)NC(=O)[C@H](C)N(c2cccc(F)c2)S(C)(=O)=O)c1. The Hall–Kier alpha value is -2.81. The van der Waals surface area contributed by atoms with Crippen molar-refractivity contribution in [1.29, 1.82) is 0 Å². The fourth-order valence-corrected chi connectivity index (χ4v) is 4.18. The van der Waals surface area contributed by atoms with E-state index in [0.717, 1.165) is 16.6 Å². The lowest BCUT2D eigenvalue weighted by Crippen LogP contribution is -2.48. The van der Waals surface area contributed by atoms with Crippen LogP contribution in [0.15, 0.2) is 42.5 Å². The zero-order valence-electron chi connectivity index (χ0n) is 17.0. The normalized spacial score (nSPS) is 13.3. The summed E-state index contributed by atoms with van der Waals surface area (Å²) in [6, 6.07) is 8.67. The van der Waals surface area contributed by atoms with Crippen molar-refractivity contribution in [1.82, 2.24) is 5.32 Å². The first-order chi connectivity index (χ1) is 13.6. The van der Waals surface area contributed by atoms with Crippen molar-refractivity contribution in [3.8, 4) is 11.5 Å². The van der Waals surface area contributed by atoms with E-state index in [9.17, 15) is 17.6 Å². The van der Waals surface area contributed by atoms with E-state index in [1.807, 2.05) is 0 Å². The van der Waals surface area contributed by atoms with Gasteiger partial charge in [-0.2, -0.15) is 0 Å². The molecule has 0 radical (unpaired) electrons. The molecule has 0 heterocycles. The Kier molecular flexibility index (Phi) is 7.07. The predicted octanol–water partition coefficient (Wildman–Crippen LogP) is 2.87. The number of rotatable bonds is 8. The molecule has 0 fully saturated rings. The minimum Gasteiger partial charge on any atom is -0.497 e. The maximum atomic E-state index is 13.6. The van der Waals surface area contributed by atoms with Gasteiger partial charge in [0.05, 0.1) is 32.2 Å². The van der Waals surface area contributed by atoms with Crippen LogP contribution in [0.1, 0.15) is 25.5 Å².